The molecule has 3 heterocycles. The number of aromatic nitrogens is 3. The van der Waals surface area contributed by atoms with Crippen molar-refractivity contribution < 1.29 is 13.9 Å². The van der Waals surface area contributed by atoms with Crippen LogP contribution in [0.3, 0.4) is 0 Å². The number of hydrogen-bond acceptors (Lipinski definition) is 5. The highest BCUT2D eigenvalue weighted by Gasteiger charge is 2.35. The van der Waals surface area contributed by atoms with Gasteiger partial charge in [-0.2, -0.15) is 4.98 Å². The Morgan fingerprint density at radius 3 is 2.86 bits per heavy atom. The predicted octanol–water partition coefficient (Wildman–Crippen LogP) is 2.77. The lowest BCUT2D eigenvalue weighted by Crippen LogP contribution is -2.50. The van der Waals surface area contributed by atoms with E-state index in [2.05, 4.69) is 15.0 Å². The van der Waals surface area contributed by atoms with Crippen molar-refractivity contribution in [2.45, 2.75) is 18.4 Å². The maximum atomic E-state index is 14.1. The summed E-state index contributed by atoms with van der Waals surface area (Å²) in [6.07, 6.45) is 2.28. The fraction of sp³-hybridized carbons (Fsp3) is 0.462. The molecule has 2 aromatic heterocycles. The number of piperidine rings is 1. The lowest BCUT2D eigenvalue weighted by atomic mass is 9.94. The van der Waals surface area contributed by atoms with Crippen LogP contribution >= 0.6 is 23.2 Å². The van der Waals surface area contributed by atoms with Crippen molar-refractivity contribution in [2.75, 3.05) is 24.7 Å². The van der Waals surface area contributed by atoms with Gasteiger partial charge < -0.3 is 10.0 Å². The minimum absolute atomic E-state index is 0.0379. The predicted molar refractivity (Wildman–Crippen MR) is 79.7 cm³/mol. The summed E-state index contributed by atoms with van der Waals surface area (Å²) in [7, 11) is 0. The first-order chi connectivity index (χ1) is 10.4. The maximum absolute atomic E-state index is 14.1. The van der Waals surface area contributed by atoms with Crippen molar-refractivity contribution in [1.82, 2.24) is 15.0 Å². The third-order valence-corrected chi connectivity index (χ3v) is 4.13. The van der Waals surface area contributed by atoms with Crippen molar-refractivity contribution >= 4 is 39.9 Å². The topological polar surface area (TPSA) is 62.1 Å². The molecule has 0 unspecified atom stereocenters. The van der Waals surface area contributed by atoms with E-state index in [4.69, 9.17) is 23.2 Å². The van der Waals surface area contributed by atoms with E-state index in [-0.39, 0.29) is 22.5 Å². The third kappa shape index (κ3) is 2.68. The molecule has 5 nitrogen and oxygen atoms in total. The van der Waals surface area contributed by atoms with E-state index in [0.29, 0.717) is 30.6 Å². The summed E-state index contributed by atoms with van der Waals surface area (Å²) in [6, 6.07) is 0. The Kier molecular flexibility index (Phi) is 4.05. The highest BCUT2D eigenvalue weighted by Crippen LogP contribution is 2.32. The molecular weight excluding hydrogens is 337 g/mol. The normalized spacial score (nSPS) is 22.3. The zero-order valence-corrected chi connectivity index (χ0v) is 12.9. The molecule has 3 rings (SSSR count). The molecule has 0 aromatic carbocycles. The van der Waals surface area contributed by atoms with Gasteiger partial charge in [-0.3, -0.25) is 0 Å². The Morgan fingerprint density at radius 2 is 2.14 bits per heavy atom. The number of aliphatic hydroxyl groups is 1. The molecule has 0 saturated carbocycles. The summed E-state index contributed by atoms with van der Waals surface area (Å²) in [5.74, 6) is -0.480. The molecular formula is C13H12Cl2F2N4O. The first-order valence-electron chi connectivity index (χ1n) is 6.64. The highest BCUT2D eigenvalue weighted by molar-refractivity contribution is 6.30. The van der Waals surface area contributed by atoms with Crippen molar-refractivity contribution in [1.29, 1.82) is 0 Å². The molecule has 0 bridgehead atoms. The summed E-state index contributed by atoms with van der Waals surface area (Å²) < 4.78 is 27.1. The molecule has 9 heteroatoms. The van der Waals surface area contributed by atoms with Crippen molar-refractivity contribution in [3.8, 4) is 0 Å². The Bertz CT molecular complexity index is 733. The Morgan fingerprint density at radius 1 is 1.36 bits per heavy atom. The minimum atomic E-state index is -1.44. The van der Waals surface area contributed by atoms with Crippen LogP contribution in [-0.2, 0) is 0 Å². The van der Waals surface area contributed by atoms with E-state index in [1.54, 1.807) is 4.90 Å². The van der Waals surface area contributed by atoms with E-state index in [1.165, 1.54) is 6.20 Å². The summed E-state index contributed by atoms with van der Waals surface area (Å²) in [4.78, 5) is 13.3. The van der Waals surface area contributed by atoms with Gasteiger partial charge in [-0.05, 0) is 24.4 Å². The van der Waals surface area contributed by atoms with Crippen LogP contribution in [0.15, 0.2) is 6.20 Å². The second kappa shape index (κ2) is 5.72. The molecule has 1 atom stereocenters. The van der Waals surface area contributed by atoms with E-state index in [9.17, 15) is 13.9 Å². The van der Waals surface area contributed by atoms with Crippen molar-refractivity contribution in [3.63, 3.8) is 0 Å². The van der Waals surface area contributed by atoms with Gasteiger partial charge in [0.2, 0.25) is 5.28 Å². The second-order valence-corrected chi connectivity index (χ2v) is 6.02. The average molecular weight is 349 g/mol. The smallest absolute Gasteiger partial charge is 0.225 e. The molecule has 0 aliphatic carbocycles. The number of nitrogens with zero attached hydrogens (tertiary/aromatic N) is 4. The van der Waals surface area contributed by atoms with E-state index >= 15 is 0 Å². The Labute approximate surface area is 134 Å². The number of rotatable bonds is 2. The first-order valence-corrected chi connectivity index (χ1v) is 7.40. The van der Waals surface area contributed by atoms with Crippen LogP contribution in [-0.4, -0.2) is 45.4 Å². The van der Waals surface area contributed by atoms with Crippen LogP contribution < -0.4 is 4.90 Å². The van der Waals surface area contributed by atoms with Gasteiger partial charge >= 0.3 is 0 Å². The lowest BCUT2D eigenvalue weighted by molar-refractivity contribution is 0.00306. The average Bonchev–Trinajstić information content (AvgIpc) is 2.51. The van der Waals surface area contributed by atoms with E-state index in [0.717, 1.165) is 0 Å². The number of halogens is 4. The number of β-amino-alcohol motifs (C(OH)–C–C–N with tert-alkyl or cyclic N) is 1. The Hall–Kier alpha value is -1.31. The first kappa shape index (κ1) is 15.6. The molecule has 1 fully saturated rings. The quantitative estimate of drug-likeness (QED) is 0.667. The van der Waals surface area contributed by atoms with Gasteiger partial charge in [0.1, 0.15) is 23.6 Å². The summed E-state index contributed by atoms with van der Waals surface area (Å²) in [5.41, 5.74) is -1.50. The fourth-order valence-corrected chi connectivity index (χ4v) is 2.94. The second-order valence-electron chi connectivity index (χ2n) is 5.32. The summed E-state index contributed by atoms with van der Waals surface area (Å²) in [5, 5.41) is 9.99. The third-order valence-electron chi connectivity index (χ3n) is 3.70. The summed E-state index contributed by atoms with van der Waals surface area (Å²) in [6.45, 7) is -0.288. The van der Waals surface area contributed by atoms with E-state index < -0.39 is 18.1 Å². The molecule has 22 heavy (non-hydrogen) atoms. The largest absolute Gasteiger partial charge is 0.385 e. The zero-order chi connectivity index (χ0) is 15.9. The van der Waals surface area contributed by atoms with Crippen LogP contribution in [0.2, 0.25) is 10.4 Å². The van der Waals surface area contributed by atoms with Gasteiger partial charge in [0.15, 0.2) is 11.0 Å². The van der Waals surface area contributed by atoms with Crippen LogP contribution in [0.25, 0.3) is 10.9 Å². The number of hydrogen-bond donors (Lipinski definition) is 1. The minimum Gasteiger partial charge on any atom is -0.385 e. The summed E-state index contributed by atoms with van der Waals surface area (Å²) >= 11 is 11.5. The van der Waals surface area contributed by atoms with Crippen LogP contribution in [0, 0.1) is 5.82 Å². The highest BCUT2D eigenvalue weighted by atomic mass is 35.5. The van der Waals surface area contributed by atoms with Gasteiger partial charge in [0.25, 0.3) is 0 Å². The molecule has 1 aliphatic heterocycles. The molecule has 0 radical (unpaired) electrons. The number of fused-ring (bicyclic) bond motifs is 1. The van der Waals surface area contributed by atoms with Crippen LogP contribution in [0.4, 0.5) is 14.6 Å². The monoisotopic (exact) mass is 348 g/mol. The van der Waals surface area contributed by atoms with Crippen molar-refractivity contribution in [3.05, 3.63) is 22.5 Å². The Balaban J connectivity index is 2.12. The van der Waals surface area contributed by atoms with Gasteiger partial charge in [-0.1, -0.05) is 11.6 Å². The maximum Gasteiger partial charge on any atom is 0.225 e. The van der Waals surface area contributed by atoms with Crippen LogP contribution in [0.5, 0.6) is 0 Å². The molecule has 2 aromatic rings. The zero-order valence-electron chi connectivity index (χ0n) is 11.4. The molecule has 118 valence electrons. The molecule has 1 N–H and O–H groups in total. The SMILES string of the molecule is O[C@]1(CF)CCCN(c2nc(Cl)nc3c(F)c(Cl)ncc23)C1. The molecule has 0 amide bonds. The molecule has 1 aliphatic rings. The fourth-order valence-electron chi connectivity index (χ4n) is 2.64. The number of pyridine rings is 1. The van der Waals surface area contributed by atoms with Gasteiger partial charge in [0, 0.05) is 12.7 Å². The van der Waals surface area contributed by atoms with Crippen LogP contribution in [0.1, 0.15) is 12.8 Å². The number of anilines is 1. The van der Waals surface area contributed by atoms with Gasteiger partial charge in [-0.15, -0.1) is 0 Å². The lowest BCUT2D eigenvalue weighted by Gasteiger charge is -2.38. The molecule has 1 saturated heterocycles. The van der Waals surface area contributed by atoms with E-state index in [1.807, 2.05) is 0 Å². The standard InChI is InChI=1S/C13H12Cl2F2N4O/c14-10-8(17)9-7(4-18-10)11(20-12(15)19-9)21-3-1-2-13(22,5-16)6-21/h4,22H,1-3,5-6H2/t13-/m0/s1. The molecule has 0 spiro atoms. The van der Waals surface area contributed by atoms with Gasteiger partial charge in [0.05, 0.1) is 11.9 Å². The van der Waals surface area contributed by atoms with Gasteiger partial charge in [-0.25, -0.2) is 18.7 Å². The number of alkyl halides is 1. The van der Waals surface area contributed by atoms with Crippen molar-refractivity contribution in [2.24, 2.45) is 0 Å².